The molecule has 0 spiro atoms. The van der Waals surface area contributed by atoms with E-state index in [0.717, 1.165) is 12.6 Å². The summed E-state index contributed by atoms with van der Waals surface area (Å²) in [5.41, 5.74) is 2.75. The SMILES string of the molecule is CSc1ccc2c(c1)Sc1ccccc1N2CCC1CCCCN1C. The molecule has 0 radical (unpaired) electrons. The van der Waals surface area contributed by atoms with Crippen LogP contribution in [0.2, 0.25) is 0 Å². The number of benzene rings is 2. The van der Waals surface area contributed by atoms with Gasteiger partial charge in [-0.1, -0.05) is 30.3 Å². The lowest BCUT2D eigenvalue weighted by Gasteiger charge is -2.37. The number of hydrogen-bond donors (Lipinski definition) is 0. The maximum atomic E-state index is 2.56. The normalized spacial score (nSPS) is 20.2. The Balaban J connectivity index is 1.62. The van der Waals surface area contributed by atoms with Crippen molar-refractivity contribution in [3.63, 3.8) is 0 Å². The molecule has 0 saturated carbocycles. The summed E-state index contributed by atoms with van der Waals surface area (Å²) in [6.45, 7) is 2.35. The Morgan fingerprint density at radius 3 is 2.76 bits per heavy atom. The van der Waals surface area contributed by atoms with Gasteiger partial charge in [0.05, 0.1) is 11.4 Å². The second-order valence-corrected chi connectivity index (χ2v) is 8.94. The van der Waals surface area contributed by atoms with Crippen molar-refractivity contribution in [2.75, 3.05) is 31.3 Å². The summed E-state index contributed by atoms with van der Waals surface area (Å²) in [5.74, 6) is 0. The molecule has 0 bridgehead atoms. The maximum absolute atomic E-state index is 2.56. The van der Waals surface area contributed by atoms with Gasteiger partial charge in [-0.05, 0) is 69.4 Å². The number of para-hydroxylation sites is 1. The summed E-state index contributed by atoms with van der Waals surface area (Å²) in [6, 6.07) is 16.5. The molecular weight excluding hydrogens is 344 g/mol. The fourth-order valence-corrected chi connectivity index (χ4v) is 5.62. The highest BCUT2D eigenvalue weighted by Crippen LogP contribution is 2.49. The Morgan fingerprint density at radius 1 is 1.08 bits per heavy atom. The number of anilines is 2. The standard InChI is InChI=1S/C21H26N2S2/c1-22-13-6-5-7-16(22)12-14-23-18-8-3-4-9-20(18)25-21-15-17(24-2)10-11-19(21)23/h3-4,8-11,15-16H,5-7,12-14H2,1-2H3. The van der Waals surface area contributed by atoms with Crippen molar-refractivity contribution in [1.29, 1.82) is 0 Å². The van der Waals surface area contributed by atoms with Gasteiger partial charge in [0, 0.05) is 27.3 Å². The molecule has 2 aliphatic rings. The average Bonchev–Trinajstić information content (AvgIpc) is 2.65. The van der Waals surface area contributed by atoms with Crippen LogP contribution in [-0.4, -0.2) is 37.3 Å². The van der Waals surface area contributed by atoms with Gasteiger partial charge in [0.15, 0.2) is 0 Å². The zero-order valence-electron chi connectivity index (χ0n) is 15.1. The quantitative estimate of drug-likeness (QED) is 0.619. The number of likely N-dealkylation sites (tertiary alicyclic amines) is 1. The minimum absolute atomic E-state index is 0.726. The molecule has 25 heavy (non-hydrogen) atoms. The van der Waals surface area contributed by atoms with E-state index in [-0.39, 0.29) is 0 Å². The van der Waals surface area contributed by atoms with E-state index in [1.54, 1.807) is 0 Å². The van der Waals surface area contributed by atoms with E-state index in [2.05, 4.69) is 65.6 Å². The lowest BCUT2D eigenvalue weighted by Crippen LogP contribution is -2.38. The van der Waals surface area contributed by atoms with Gasteiger partial charge in [0.1, 0.15) is 0 Å². The van der Waals surface area contributed by atoms with Crippen LogP contribution in [0.15, 0.2) is 57.2 Å². The molecule has 1 atom stereocenters. The van der Waals surface area contributed by atoms with Gasteiger partial charge in [-0.25, -0.2) is 0 Å². The van der Waals surface area contributed by atoms with Crippen molar-refractivity contribution in [1.82, 2.24) is 4.90 Å². The number of hydrogen-bond acceptors (Lipinski definition) is 4. The largest absolute Gasteiger partial charge is 0.340 e. The second-order valence-electron chi connectivity index (χ2n) is 6.97. The summed E-state index contributed by atoms with van der Waals surface area (Å²) >= 11 is 3.73. The Morgan fingerprint density at radius 2 is 1.92 bits per heavy atom. The van der Waals surface area contributed by atoms with Crippen LogP contribution in [0.4, 0.5) is 11.4 Å². The van der Waals surface area contributed by atoms with Gasteiger partial charge in [-0.3, -0.25) is 0 Å². The van der Waals surface area contributed by atoms with Gasteiger partial charge >= 0.3 is 0 Å². The van der Waals surface area contributed by atoms with Gasteiger partial charge in [-0.2, -0.15) is 0 Å². The Kier molecular flexibility index (Phi) is 5.30. The second kappa shape index (κ2) is 7.65. The minimum atomic E-state index is 0.726. The fourth-order valence-electron chi connectivity index (χ4n) is 3.97. The number of piperidine rings is 1. The molecule has 4 rings (SSSR count). The topological polar surface area (TPSA) is 6.48 Å². The summed E-state index contributed by atoms with van der Waals surface area (Å²) in [5, 5.41) is 0. The van der Waals surface area contributed by atoms with E-state index >= 15 is 0 Å². The molecule has 1 unspecified atom stereocenters. The van der Waals surface area contributed by atoms with E-state index in [0.29, 0.717) is 0 Å². The highest BCUT2D eigenvalue weighted by molar-refractivity contribution is 8.00. The van der Waals surface area contributed by atoms with Crippen LogP contribution in [-0.2, 0) is 0 Å². The number of thioether (sulfide) groups is 1. The third-order valence-corrected chi connectivity index (χ3v) is 7.28. The molecule has 0 aliphatic carbocycles. The van der Waals surface area contributed by atoms with E-state index in [4.69, 9.17) is 0 Å². The monoisotopic (exact) mass is 370 g/mol. The molecule has 2 aromatic carbocycles. The van der Waals surface area contributed by atoms with Gasteiger partial charge in [-0.15, -0.1) is 11.8 Å². The van der Waals surface area contributed by atoms with Crippen LogP contribution in [0, 0.1) is 0 Å². The van der Waals surface area contributed by atoms with Crippen molar-refractivity contribution in [2.24, 2.45) is 0 Å². The van der Waals surface area contributed by atoms with E-state index in [1.807, 2.05) is 23.5 Å². The van der Waals surface area contributed by atoms with Gasteiger partial charge in [0.2, 0.25) is 0 Å². The molecular formula is C21H26N2S2. The summed E-state index contributed by atoms with van der Waals surface area (Å²) in [4.78, 5) is 9.23. The highest BCUT2D eigenvalue weighted by atomic mass is 32.2. The van der Waals surface area contributed by atoms with E-state index in [1.165, 1.54) is 58.3 Å². The first-order chi connectivity index (χ1) is 12.3. The zero-order chi connectivity index (χ0) is 17.2. The third kappa shape index (κ3) is 3.57. The van der Waals surface area contributed by atoms with Crippen molar-refractivity contribution in [3.8, 4) is 0 Å². The van der Waals surface area contributed by atoms with Gasteiger partial charge in [0.25, 0.3) is 0 Å². The Bertz CT molecular complexity index is 746. The average molecular weight is 371 g/mol. The molecule has 2 nitrogen and oxygen atoms in total. The smallest absolute Gasteiger partial charge is 0.0553 e. The van der Waals surface area contributed by atoms with Crippen LogP contribution in [0.25, 0.3) is 0 Å². The van der Waals surface area contributed by atoms with Crippen LogP contribution in [0.3, 0.4) is 0 Å². The third-order valence-electron chi connectivity index (χ3n) is 5.44. The molecule has 4 heteroatoms. The Labute approximate surface area is 160 Å². The zero-order valence-corrected chi connectivity index (χ0v) is 16.7. The van der Waals surface area contributed by atoms with E-state index in [9.17, 15) is 0 Å². The molecule has 2 aromatic rings. The van der Waals surface area contributed by atoms with Crippen LogP contribution < -0.4 is 4.90 Å². The lowest BCUT2D eigenvalue weighted by atomic mass is 9.99. The van der Waals surface area contributed by atoms with Crippen LogP contribution in [0.1, 0.15) is 25.7 Å². The van der Waals surface area contributed by atoms with Crippen molar-refractivity contribution < 1.29 is 0 Å². The molecule has 1 saturated heterocycles. The first kappa shape index (κ1) is 17.3. The molecule has 0 N–H and O–H groups in total. The first-order valence-corrected chi connectivity index (χ1v) is 11.2. The van der Waals surface area contributed by atoms with Crippen molar-refractivity contribution in [3.05, 3.63) is 42.5 Å². The summed E-state index contributed by atoms with van der Waals surface area (Å²) < 4.78 is 0. The minimum Gasteiger partial charge on any atom is -0.340 e. The molecule has 1 fully saturated rings. The van der Waals surface area contributed by atoms with Crippen molar-refractivity contribution >= 4 is 34.9 Å². The predicted molar refractivity (Wildman–Crippen MR) is 111 cm³/mol. The first-order valence-electron chi connectivity index (χ1n) is 9.19. The molecule has 0 aromatic heterocycles. The van der Waals surface area contributed by atoms with Crippen LogP contribution in [0.5, 0.6) is 0 Å². The number of nitrogens with zero attached hydrogens (tertiary/aromatic N) is 2. The predicted octanol–water partition coefficient (Wildman–Crippen LogP) is 5.89. The van der Waals surface area contributed by atoms with Crippen molar-refractivity contribution in [2.45, 2.75) is 46.4 Å². The lowest BCUT2D eigenvalue weighted by molar-refractivity contribution is 0.178. The van der Waals surface area contributed by atoms with Crippen LogP contribution >= 0.6 is 23.5 Å². The molecule has 132 valence electrons. The highest BCUT2D eigenvalue weighted by Gasteiger charge is 2.25. The summed E-state index contributed by atoms with van der Waals surface area (Å²) in [6.07, 6.45) is 7.48. The number of rotatable bonds is 4. The fraction of sp³-hybridized carbons (Fsp3) is 0.429. The molecule has 0 amide bonds. The summed E-state index contributed by atoms with van der Waals surface area (Å²) in [7, 11) is 2.29. The number of fused-ring (bicyclic) bond motifs is 2. The molecule has 2 heterocycles. The van der Waals surface area contributed by atoms with Gasteiger partial charge < -0.3 is 9.80 Å². The maximum Gasteiger partial charge on any atom is 0.0553 e. The Hall–Kier alpha value is -1.10. The molecule has 2 aliphatic heterocycles. The van der Waals surface area contributed by atoms with E-state index < -0.39 is 0 Å².